The van der Waals surface area contributed by atoms with Crippen LogP contribution in [0, 0.1) is 0 Å². The lowest BCUT2D eigenvalue weighted by molar-refractivity contribution is 0.128. The van der Waals surface area contributed by atoms with Gasteiger partial charge < -0.3 is 10.1 Å². The molecule has 21 heavy (non-hydrogen) atoms. The van der Waals surface area contributed by atoms with Crippen molar-refractivity contribution in [3.8, 4) is 0 Å². The number of nitrogens with one attached hydrogen (secondary N) is 1. The molecule has 0 aliphatic rings. The van der Waals surface area contributed by atoms with E-state index in [-0.39, 0.29) is 0 Å². The minimum Gasteiger partial charge on any atom is -0.381 e. The highest BCUT2D eigenvalue weighted by Gasteiger charge is 2.04. The first-order valence-electron chi connectivity index (χ1n) is 8.67. The van der Waals surface area contributed by atoms with Gasteiger partial charge in [0.05, 0.1) is 0 Å². The summed E-state index contributed by atoms with van der Waals surface area (Å²) < 4.78 is 5.57. The Morgan fingerprint density at radius 3 is 2.29 bits per heavy atom. The summed E-state index contributed by atoms with van der Waals surface area (Å²) in [5.74, 6) is 0. The maximum Gasteiger partial charge on any atom is 0.0478 e. The molecule has 1 atom stereocenters. The Morgan fingerprint density at radius 2 is 1.62 bits per heavy atom. The van der Waals surface area contributed by atoms with E-state index >= 15 is 0 Å². The van der Waals surface area contributed by atoms with Crippen molar-refractivity contribution in [3.05, 3.63) is 35.4 Å². The Morgan fingerprint density at radius 1 is 0.952 bits per heavy atom. The van der Waals surface area contributed by atoms with Crippen LogP contribution in [0.25, 0.3) is 0 Å². The minimum atomic E-state index is 0.417. The molecule has 0 saturated carbocycles. The van der Waals surface area contributed by atoms with Crippen LogP contribution in [0.5, 0.6) is 0 Å². The molecular weight excluding hydrogens is 258 g/mol. The van der Waals surface area contributed by atoms with Crippen molar-refractivity contribution < 1.29 is 4.74 Å². The third kappa shape index (κ3) is 8.23. The average molecular weight is 291 g/mol. The molecular formula is C19H33NO. The number of rotatable bonds is 12. The van der Waals surface area contributed by atoms with E-state index in [4.69, 9.17) is 4.74 Å². The van der Waals surface area contributed by atoms with Crippen LogP contribution in [0.15, 0.2) is 24.3 Å². The number of hydrogen-bond donors (Lipinski definition) is 1. The SMILES string of the molecule is CCCCOCCCNC(C)c1ccc(CCCC)cc1. The van der Waals surface area contributed by atoms with E-state index in [2.05, 4.69) is 50.4 Å². The molecule has 0 aromatic heterocycles. The summed E-state index contributed by atoms with van der Waals surface area (Å²) in [6.07, 6.45) is 7.22. The van der Waals surface area contributed by atoms with Gasteiger partial charge in [0, 0.05) is 19.3 Å². The molecule has 1 rings (SSSR count). The van der Waals surface area contributed by atoms with Crippen LogP contribution in [0.4, 0.5) is 0 Å². The van der Waals surface area contributed by atoms with Gasteiger partial charge in [0.15, 0.2) is 0 Å². The highest BCUT2D eigenvalue weighted by molar-refractivity contribution is 5.24. The lowest BCUT2D eigenvalue weighted by Gasteiger charge is -2.15. The fourth-order valence-corrected chi connectivity index (χ4v) is 2.31. The predicted molar refractivity (Wildman–Crippen MR) is 91.8 cm³/mol. The van der Waals surface area contributed by atoms with Gasteiger partial charge in [0.1, 0.15) is 0 Å². The van der Waals surface area contributed by atoms with E-state index < -0.39 is 0 Å². The van der Waals surface area contributed by atoms with Crippen molar-refractivity contribution in [1.29, 1.82) is 0 Å². The maximum atomic E-state index is 5.57. The molecule has 0 amide bonds. The summed E-state index contributed by atoms with van der Waals surface area (Å²) in [5.41, 5.74) is 2.83. The fourth-order valence-electron chi connectivity index (χ4n) is 2.31. The Hall–Kier alpha value is -0.860. The summed E-state index contributed by atoms with van der Waals surface area (Å²) in [7, 11) is 0. The van der Waals surface area contributed by atoms with Gasteiger partial charge in [-0.05, 0) is 50.3 Å². The average Bonchev–Trinajstić information content (AvgIpc) is 2.52. The largest absolute Gasteiger partial charge is 0.381 e. The highest BCUT2D eigenvalue weighted by Crippen LogP contribution is 2.14. The van der Waals surface area contributed by atoms with Gasteiger partial charge in [-0.25, -0.2) is 0 Å². The molecule has 0 saturated heterocycles. The predicted octanol–water partition coefficient (Wildman–Crippen LogP) is 4.89. The van der Waals surface area contributed by atoms with Gasteiger partial charge in [0.25, 0.3) is 0 Å². The lowest BCUT2D eigenvalue weighted by atomic mass is 10.0. The van der Waals surface area contributed by atoms with E-state index in [1.54, 1.807) is 0 Å². The van der Waals surface area contributed by atoms with E-state index in [0.717, 1.165) is 26.2 Å². The smallest absolute Gasteiger partial charge is 0.0478 e. The number of unbranched alkanes of at least 4 members (excludes halogenated alkanes) is 2. The number of benzene rings is 1. The summed E-state index contributed by atoms with van der Waals surface area (Å²) in [4.78, 5) is 0. The molecule has 0 aliphatic carbocycles. The molecule has 0 radical (unpaired) electrons. The second kappa shape index (κ2) is 11.8. The molecule has 120 valence electrons. The third-order valence-electron chi connectivity index (χ3n) is 3.86. The van der Waals surface area contributed by atoms with Crippen molar-refractivity contribution in [1.82, 2.24) is 5.32 Å². The summed E-state index contributed by atoms with van der Waals surface area (Å²) in [6.45, 7) is 9.47. The van der Waals surface area contributed by atoms with Gasteiger partial charge in [0.2, 0.25) is 0 Å². The van der Waals surface area contributed by atoms with Crippen LogP contribution >= 0.6 is 0 Å². The van der Waals surface area contributed by atoms with E-state index in [0.29, 0.717) is 6.04 Å². The number of aryl methyl sites for hydroxylation is 1. The Balaban J connectivity index is 2.17. The van der Waals surface area contributed by atoms with Gasteiger partial charge in [-0.15, -0.1) is 0 Å². The molecule has 1 aromatic rings. The van der Waals surface area contributed by atoms with Crippen LogP contribution in [0.1, 0.15) is 70.0 Å². The van der Waals surface area contributed by atoms with Crippen molar-refractivity contribution in [2.75, 3.05) is 19.8 Å². The molecule has 0 heterocycles. The quantitative estimate of drug-likeness (QED) is 0.554. The maximum absolute atomic E-state index is 5.57. The molecule has 2 heteroatoms. The zero-order valence-electron chi connectivity index (χ0n) is 14.2. The van der Waals surface area contributed by atoms with Crippen LogP contribution < -0.4 is 5.32 Å². The lowest BCUT2D eigenvalue weighted by Crippen LogP contribution is -2.21. The highest BCUT2D eigenvalue weighted by atomic mass is 16.5. The van der Waals surface area contributed by atoms with Crippen LogP contribution in [-0.2, 0) is 11.2 Å². The van der Waals surface area contributed by atoms with Crippen LogP contribution in [0.2, 0.25) is 0 Å². The number of ether oxygens (including phenoxy) is 1. The normalized spacial score (nSPS) is 12.5. The molecule has 1 unspecified atom stereocenters. The molecule has 0 bridgehead atoms. The standard InChI is InChI=1S/C19H33NO/c1-4-6-9-18-10-12-19(13-11-18)17(3)20-14-8-16-21-15-7-5-2/h10-13,17,20H,4-9,14-16H2,1-3H3. The minimum absolute atomic E-state index is 0.417. The topological polar surface area (TPSA) is 21.3 Å². The molecule has 2 nitrogen and oxygen atoms in total. The van der Waals surface area contributed by atoms with Crippen molar-refractivity contribution >= 4 is 0 Å². The molecule has 1 N–H and O–H groups in total. The molecule has 0 spiro atoms. The van der Waals surface area contributed by atoms with Crippen molar-refractivity contribution in [3.63, 3.8) is 0 Å². The monoisotopic (exact) mass is 291 g/mol. The van der Waals surface area contributed by atoms with Crippen LogP contribution in [-0.4, -0.2) is 19.8 Å². The first-order chi connectivity index (χ1) is 10.3. The first-order valence-corrected chi connectivity index (χ1v) is 8.67. The molecule has 1 aromatic carbocycles. The summed E-state index contributed by atoms with van der Waals surface area (Å²) in [6, 6.07) is 9.50. The third-order valence-corrected chi connectivity index (χ3v) is 3.86. The van der Waals surface area contributed by atoms with Gasteiger partial charge in [-0.3, -0.25) is 0 Å². The van der Waals surface area contributed by atoms with Crippen molar-refractivity contribution in [2.45, 2.75) is 65.3 Å². The fraction of sp³-hybridized carbons (Fsp3) is 0.684. The molecule has 0 aliphatic heterocycles. The second-order valence-electron chi connectivity index (χ2n) is 5.84. The summed E-state index contributed by atoms with van der Waals surface area (Å²) in [5, 5.41) is 3.57. The zero-order valence-corrected chi connectivity index (χ0v) is 14.2. The summed E-state index contributed by atoms with van der Waals surface area (Å²) >= 11 is 0. The van der Waals surface area contributed by atoms with E-state index in [1.807, 2.05) is 0 Å². The Labute approximate surface area is 131 Å². The number of hydrogen-bond acceptors (Lipinski definition) is 2. The van der Waals surface area contributed by atoms with Gasteiger partial charge >= 0.3 is 0 Å². The van der Waals surface area contributed by atoms with Gasteiger partial charge in [-0.1, -0.05) is 51.0 Å². The molecule has 0 fully saturated rings. The Bertz CT molecular complexity index is 347. The first kappa shape index (κ1) is 18.2. The Kier molecular flexibility index (Phi) is 10.2. The second-order valence-corrected chi connectivity index (χ2v) is 5.84. The van der Waals surface area contributed by atoms with E-state index in [1.165, 1.54) is 43.2 Å². The van der Waals surface area contributed by atoms with E-state index in [9.17, 15) is 0 Å². The van der Waals surface area contributed by atoms with Crippen molar-refractivity contribution in [2.24, 2.45) is 0 Å². The van der Waals surface area contributed by atoms with Gasteiger partial charge in [-0.2, -0.15) is 0 Å². The zero-order chi connectivity index (χ0) is 15.3. The van der Waals surface area contributed by atoms with Crippen LogP contribution in [0.3, 0.4) is 0 Å².